The lowest BCUT2D eigenvalue weighted by Crippen LogP contribution is -2.26. The van der Waals surface area contributed by atoms with Crippen molar-refractivity contribution in [1.29, 1.82) is 0 Å². The molecule has 20 heavy (non-hydrogen) atoms. The van der Waals surface area contributed by atoms with Crippen LogP contribution in [-0.4, -0.2) is 31.1 Å². The molecule has 0 aliphatic rings. The van der Waals surface area contributed by atoms with Gasteiger partial charge >= 0.3 is 0 Å². The Kier molecular flexibility index (Phi) is 5.32. The number of nitrogens with one attached hydrogen (secondary N) is 2. The second kappa shape index (κ2) is 6.22. The van der Waals surface area contributed by atoms with E-state index in [0.717, 1.165) is 26.4 Å². The minimum absolute atomic E-state index is 0.240. The normalized spacial score (nSPS) is 12.6. The number of halogens is 1. The lowest BCUT2D eigenvalue weighted by molar-refractivity contribution is 0.153. The van der Waals surface area contributed by atoms with Gasteiger partial charge in [-0.2, -0.15) is 0 Å². The zero-order chi connectivity index (χ0) is 15.6. The maximum atomic E-state index is 11.8. The number of hydrogen-bond acceptors (Lipinski definition) is 7. The third-order valence-corrected chi connectivity index (χ3v) is 5.08. The molecule has 0 atom stereocenters. The van der Waals surface area contributed by atoms with Crippen molar-refractivity contribution < 1.29 is 26.5 Å². The van der Waals surface area contributed by atoms with Gasteiger partial charge in [0.1, 0.15) is 9.79 Å². The summed E-state index contributed by atoms with van der Waals surface area (Å²) >= 11 is 5.75. The van der Waals surface area contributed by atoms with E-state index in [9.17, 15) is 16.8 Å². The molecule has 0 unspecified atom stereocenters. The monoisotopic (exact) mass is 345 g/mol. The van der Waals surface area contributed by atoms with Gasteiger partial charge in [-0.15, -0.1) is 0 Å². The summed E-state index contributed by atoms with van der Waals surface area (Å²) in [5, 5.41) is -0.261. The molecule has 4 N–H and O–H groups in total. The fraction of sp³-hybridized carbons (Fsp3) is 0.250. The highest BCUT2D eigenvalue weighted by Crippen LogP contribution is 2.29. The van der Waals surface area contributed by atoms with Crippen molar-refractivity contribution in [2.24, 2.45) is 0 Å². The first-order valence-corrected chi connectivity index (χ1v) is 8.18. The van der Waals surface area contributed by atoms with Crippen LogP contribution >= 0.6 is 11.6 Å². The van der Waals surface area contributed by atoms with Gasteiger partial charge < -0.3 is 5.73 Å². The topological polar surface area (TPSA) is 137 Å². The third kappa shape index (κ3) is 3.58. The minimum Gasteiger partial charge on any atom is -0.398 e. The average molecular weight is 346 g/mol. The summed E-state index contributed by atoms with van der Waals surface area (Å²) in [6, 6.07) is 1.79. The van der Waals surface area contributed by atoms with E-state index in [2.05, 4.69) is 9.68 Å². The van der Waals surface area contributed by atoms with Crippen molar-refractivity contribution in [3.05, 3.63) is 17.2 Å². The van der Waals surface area contributed by atoms with E-state index >= 15 is 0 Å². The van der Waals surface area contributed by atoms with Crippen molar-refractivity contribution in [3.8, 4) is 0 Å². The molecule has 0 heterocycles. The molecule has 114 valence electrons. The van der Waals surface area contributed by atoms with Gasteiger partial charge in [-0.05, 0) is 12.1 Å². The number of sulfonamides is 2. The second-order valence-corrected chi connectivity index (χ2v) is 7.04. The standard InChI is InChI=1S/C8H12ClN3O6S2/c1-17-11-19(13,14)7-4-8(6(10)3-5(7)9)20(15,16)12-18-2/h3-4,11-12H,10H2,1-2H3. The van der Waals surface area contributed by atoms with E-state index in [1.807, 2.05) is 0 Å². The van der Waals surface area contributed by atoms with Gasteiger partial charge in [0.25, 0.3) is 20.0 Å². The van der Waals surface area contributed by atoms with Gasteiger partial charge in [0, 0.05) is 0 Å². The van der Waals surface area contributed by atoms with E-state index in [4.69, 9.17) is 17.3 Å². The van der Waals surface area contributed by atoms with Crippen LogP contribution in [-0.2, 0) is 29.7 Å². The zero-order valence-corrected chi connectivity index (χ0v) is 12.8. The molecule has 1 aromatic carbocycles. The van der Waals surface area contributed by atoms with Crippen LogP contribution in [0.1, 0.15) is 0 Å². The van der Waals surface area contributed by atoms with E-state index in [0.29, 0.717) is 0 Å². The van der Waals surface area contributed by atoms with Crippen LogP contribution in [0.15, 0.2) is 21.9 Å². The summed E-state index contributed by atoms with van der Waals surface area (Å²) in [5.41, 5.74) is 5.28. The summed E-state index contributed by atoms with van der Waals surface area (Å²) in [6.07, 6.45) is 0. The molecule has 0 aliphatic carbocycles. The summed E-state index contributed by atoms with van der Waals surface area (Å²) in [4.78, 5) is 11.0. The molecule has 0 bridgehead atoms. The van der Waals surface area contributed by atoms with Gasteiger partial charge in [0.05, 0.1) is 24.9 Å². The Morgan fingerprint density at radius 2 is 1.45 bits per heavy atom. The molecule has 0 radical (unpaired) electrons. The molecular weight excluding hydrogens is 334 g/mol. The molecule has 0 saturated carbocycles. The van der Waals surface area contributed by atoms with Crippen LogP contribution in [0.5, 0.6) is 0 Å². The van der Waals surface area contributed by atoms with Crippen molar-refractivity contribution in [3.63, 3.8) is 0 Å². The molecular formula is C8H12ClN3O6S2. The van der Waals surface area contributed by atoms with Gasteiger partial charge in [-0.3, -0.25) is 9.68 Å². The molecule has 9 nitrogen and oxygen atoms in total. The Labute approximate surface area is 121 Å². The number of anilines is 1. The molecule has 0 amide bonds. The Balaban J connectivity index is 3.53. The predicted octanol–water partition coefficient (Wildman–Crippen LogP) is -0.398. The number of hydrogen-bond donors (Lipinski definition) is 3. The number of nitrogens with two attached hydrogens (primary N) is 1. The van der Waals surface area contributed by atoms with Gasteiger partial charge in [0.2, 0.25) is 0 Å². The molecule has 0 saturated heterocycles. The van der Waals surface area contributed by atoms with Crippen LogP contribution in [0.25, 0.3) is 0 Å². The van der Waals surface area contributed by atoms with Crippen LogP contribution in [0.2, 0.25) is 5.02 Å². The third-order valence-electron chi connectivity index (χ3n) is 2.03. The lowest BCUT2D eigenvalue weighted by atomic mass is 10.3. The highest BCUT2D eigenvalue weighted by molar-refractivity contribution is 7.90. The molecule has 12 heteroatoms. The first-order valence-electron chi connectivity index (χ1n) is 4.84. The van der Waals surface area contributed by atoms with Crippen molar-refractivity contribution in [1.82, 2.24) is 9.77 Å². The maximum Gasteiger partial charge on any atom is 0.264 e. The van der Waals surface area contributed by atoms with Gasteiger partial charge in [-0.1, -0.05) is 21.4 Å². The van der Waals surface area contributed by atoms with E-state index in [1.165, 1.54) is 0 Å². The molecule has 1 rings (SSSR count). The fourth-order valence-corrected chi connectivity index (χ4v) is 3.70. The number of rotatable bonds is 6. The van der Waals surface area contributed by atoms with Gasteiger partial charge in [-0.25, -0.2) is 16.8 Å². The van der Waals surface area contributed by atoms with Crippen molar-refractivity contribution >= 4 is 37.3 Å². The molecule has 0 aromatic heterocycles. The summed E-state index contributed by atoms with van der Waals surface area (Å²) < 4.78 is 47.2. The highest BCUT2D eigenvalue weighted by atomic mass is 35.5. The van der Waals surface area contributed by atoms with E-state index in [1.54, 1.807) is 9.77 Å². The molecule has 0 spiro atoms. The number of nitrogen functional groups attached to an aromatic ring is 1. The average Bonchev–Trinajstić information content (AvgIpc) is 2.27. The maximum absolute atomic E-state index is 11.8. The fourth-order valence-electron chi connectivity index (χ4n) is 1.30. The number of benzene rings is 1. The zero-order valence-electron chi connectivity index (χ0n) is 10.4. The Morgan fingerprint density at radius 3 is 1.90 bits per heavy atom. The van der Waals surface area contributed by atoms with E-state index in [-0.39, 0.29) is 10.7 Å². The lowest BCUT2D eigenvalue weighted by Gasteiger charge is -2.12. The van der Waals surface area contributed by atoms with Gasteiger partial charge in [0.15, 0.2) is 0 Å². The largest absolute Gasteiger partial charge is 0.398 e. The highest BCUT2D eigenvalue weighted by Gasteiger charge is 2.25. The summed E-state index contributed by atoms with van der Waals surface area (Å²) in [5.74, 6) is 0. The Morgan fingerprint density at radius 1 is 1.00 bits per heavy atom. The molecule has 0 aliphatic heterocycles. The van der Waals surface area contributed by atoms with Crippen LogP contribution in [0, 0.1) is 0 Å². The quantitative estimate of drug-likeness (QED) is 0.471. The Bertz CT molecular complexity index is 646. The SMILES string of the molecule is CONS(=O)(=O)c1cc(S(=O)(=O)NOC)c(Cl)cc1N. The predicted molar refractivity (Wildman–Crippen MR) is 70.5 cm³/mol. The van der Waals surface area contributed by atoms with Crippen LogP contribution < -0.4 is 15.5 Å². The smallest absolute Gasteiger partial charge is 0.264 e. The minimum atomic E-state index is -4.15. The van der Waals surface area contributed by atoms with E-state index < -0.39 is 29.8 Å². The van der Waals surface area contributed by atoms with Crippen LogP contribution in [0.4, 0.5) is 5.69 Å². The first-order chi connectivity index (χ1) is 9.15. The summed E-state index contributed by atoms with van der Waals surface area (Å²) in [6.45, 7) is 0. The van der Waals surface area contributed by atoms with Crippen molar-refractivity contribution in [2.45, 2.75) is 9.79 Å². The summed E-state index contributed by atoms with van der Waals surface area (Å²) in [7, 11) is -6.14. The van der Waals surface area contributed by atoms with Crippen LogP contribution in [0.3, 0.4) is 0 Å². The first kappa shape index (κ1) is 17.1. The van der Waals surface area contributed by atoms with Crippen molar-refractivity contribution in [2.75, 3.05) is 20.0 Å². The molecule has 1 aromatic rings. The Hall–Kier alpha value is -0.950. The molecule has 0 fully saturated rings. The second-order valence-electron chi connectivity index (χ2n) is 3.40.